The van der Waals surface area contributed by atoms with E-state index in [0.717, 1.165) is 18.8 Å². The standard InChI is InChI=1S/C32H30N6O7S2/c1-4-38(5-2)21-10-13-30(31(18-21)33-20(3)39)37-35-27-14-15-29(26-19-22(46(40,41)42)11-12-24(26)27)36-34-28-16-17-32(47(43,44)45)25-9-7-6-8-23(25)28/h6-19H,4-5H2,1-3H3,(H,33,39)(H,40,41,42)(H,43,44,45)/b36-34+,37-35+. The highest BCUT2D eigenvalue weighted by atomic mass is 32.2. The topological polar surface area (TPSA) is 191 Å². The summed E-state index contributed by atoms with van der Waals surface area (Å²) < 4.78 is 67.2. The summed E-state index contributed by atoms with van der Waals surface area (Å²) in [7, 11) is -9.08. The Kier molecular flexibility index (Phi) is 9.44. The van der Waals surface area contributed by atoms with Crippen molar-refractivity contribution in [2.24, 2.45) is 20.5 Å². The van der Waals surface area contributed by atoms with Gasteiger partial charge in [0.25, 0.3) is 20.2 Å². The lowest BCUT2D eigenvalue weighted by Gasteiger charge is -2.22. The Morgan fingerprint density at radius 3 is 1.77 bits per heavy atom. The molecule has 3 N–H and O–H groups in total. The van der Waals surface area contributed by atoms with Gasteiger partial charge in [0.15, 0.2) is 0 Å². The molecule has 0 aliphatic heterocycles. The van der Waals surface area contributed by atoms with Gasteiger partial charge in [-0.25, -0.2) is 0 Å². The van der Waals surface area contributed by atoms with E-state index in [4.69, 9.17) is 0 Å². The van der Waals surface area contributed by atoms with Crippen LogP contribution in [0, 0.1) is 0 Å². The van der Waals surface area contributed by atoms with Crippen molar-refractivity contribution < 1.29 is 30.7 Å². The monoisotopic (exact) mass is 674 g/mol. The summed E-state index contributed by atoms with van der Waals surface area (Å²) >= 11 is 0. The molecule has 0 radical (unpaired) electrons. The number of nitrogens with zero attached hydrogens (tertiary/aromatic N) is 5. The Hall–Kier alpha value is -5.09. The van der Waals surface area contributed by atoms with Crippen LogP contribution < -0.4 is 10.2 Å². The largest absolute Gasteiger partial charge is 0.372 e. The van der Waals surface area contributed by atoms with E-state index in [9.17, 15) is 30.7 Å². The third-order valence-corrected chi connectivity index (χ3v) is 9.09. The fraction of sp³-hybridized carbons (Fsp3) is 0.156. The van der Waals surface area contributed by atoms with Crippen molar-refractivity contribution >= 4 is 81.8 Å². The minimum Gasteiger partial charge on any atom is -0.372 e. The maximum atomic E-state index is 12.0. The first-order valence-corrected chi connectivity index (χ1v) is 17.2. The maximum Gasteiger partial charge on any atom is 0.295 e. The smallest absolute Gasteiger partial charge is 0.295 e. The lowest BCUT2D eigenvalue weighted by molar-refractivity contribution is -0.114. The van der Waals surface area contributed by atoms with E-state index in [-0.39, 0.29) is 37.8 Å². The third kappa shape index (κ3) is 7.33. The molecule has 0 aromatic heterocycles. The number of carbonyl (C=O) groups is 1. The third-order valence-electron chi connectivity index (χ3n) is 7.33. The fourth-order valence-corrected chi connectivity index (χ4v) is 6.30. The highest BCUT2D eigenvalue weighted by molar-refractivity contribution is 7.86. The van der Waals surface area contributed by atoms with Crippen LogP contribution in [0.1, 0.15) is 20.8 Å². The second-order valence-electron chi connectivity index (χ2n) is 10.3. The molecule has 5 aromatic carbocycles. The molecule has 0 atom stereocenters. The summed E-state index contributed by atoms with van der Waals surface area (Å²) in [6, 6.07) is 21.5. The Morgan fingerprint density at radius 2 is 1.19 bits per heavy atom. The van der Waals surface area contributed by atoms with E-state index in [1.165, 1.54) is 43.3 Å². The quantitative estimate of drug-likeness (QED) is 0.0977. The zero-order chi connectivity index (χ0) is 33.9. The van der Waals surface area contributed by atoms with Crippen molar-refractivity contribution in [1.82, 2.24) is 0 Å². The second kappa shape index (κ2) is 13.3. The van der Waals surface area contributed by atoms with Crippen LogP contribution in [-0.4, -0.2) is 44.9 Å². The van der Waals surface area contributed by atoms with Crippen molar-refractivity contribution in [3.05, 3.63) is 84.9 Å². The van der Waals surface area contributed by atoms with Crippen molar-refractivity contribution in [3.63, 3.8) is 0 Å². The predicted octanol–water partition coefficient (Wildman–Crippen LogP) is 8.12. The number of rotatable bonds is 10. The number of anilines is 2. The van der Waals surface area contributed by atoms with Crippen LogP contribution >= 0.6 is 0 Å². The fourth-order valence-electron chi connectivity index (χ4n) is 5.10. The number of azo groups is 2. The van der Waals surface area contributed by atoms with Crippen LogP contribution in [0.3, 0.4) is 0 Å². The second-order valence-corrected chi connectivity index (χ2v) is 13.2. The Labute approximate surface area is 271 Å². The molecular weight excluding hydrogens is 645 g/mol. The van der Waals surface area contributed by atoms with Gasteiger partial charge in [0, 0.05) is 47.2 Å². The molecular formula is C32H30N6O7S2. The number of hydrogen-bond donors (Lipinski definition) is 3. The Balaban J connectivity index is 1.61. The number of amides is 1. The Bertz CT molecular complexity index is 2300. The minimum atomic E-state index is -4.58. The molecule has 13 nitrogen and oxygen atoms in total. The van der Waals surface area contributed by atoms with Gasteiger partial charge in [0.2, 0.25) is 5.91 Å². The summed E-state index contributed by atoms with van der Waals surface area (Å²) in [5.74, 6) is -0.281. The van der Waals surface area contributed by atoms with Gasteiger partial charge in [-0.15, -0.1) is 20.5 Å². The van der Waals surface area contributed by atoms with E-state index < -0.39 is 20.2 Å². The van der Waals surface area contributed by atoms with E-state index >= 15 is 0 Å². The van der Waals surface area contributed by atoms with E-state index in [1.54, 1.807) is 36.4 Å². The van der Waals surface area contributed by atoms with Gasteiger partial charge >= 0.3 is 0 Å². The van der Waals surface area contributed by atoms with Gasteiger partial charge in [0.05, 0.1) is 27.6 Å². The van der Waals surface area contributed by atoms with Gasteiger partial charge < -0.3 is 10.2 Å². The average Bonchev–Trinajstić information content (AvgIpc) is 3.02. The summed E-state index contributed by atoms with van der Waals surface area (Å²) in [5, 5.41) is 21.6. The molecule has 0 heterocycles. The molecule has 0 spiro atoms. The van der Waals surface area contributed by atoms with Gasteiger partial charge in [0.1, 0.15) is 10.6 Å². The number of nitrogens with one attached hydrogen (secondary N) is 1. The van der Waals surface area contributed by atoms with Crippen LogP contribution in [-0.2, 0) is 25.0 Å². The van der Waals surface area contributed by atoms with Crippen LogP contribution in [0.25, 0.3) is 21.5 Å². The molecule has 47 heavy (non-hydrogen) atoms. The molecule has 0 saturated carbocycles. The van der Waals surface area contributed by atoms with E-state index in [2.05, 4.69) is 30.7 Å². The molecule has 0 unspecified atom stereocenters. The first-order valence-electron chi connectivity index (χ1n) is 14.3. The van der Waals surface area contributed by atoms with Gasteiger partial charge in [-0.1, -0.05) is 30.3 Å². The molecule has 0 aliphatic rings. The normalized spacial score (nSPS) is 12.4. The zero-order valence-corrected chi connectivity index (χ0v) is 27.1. The Morgan fingerprint density at radius 1 is 0.660 bits per heavy atom. The molecule has 15 heteroatoms. The van der Waals surface area contributed by atoms with Gasteiger partial charge in [-0.3, -0.25) is 13.9 Å². The average molecular weight is 675 g/mol. The summed E-state index contributed by atoms with van der Waals surface area (Å²) in [6.07, 6.45) is 0. The van der Waals surface area contributed by atoms with E-state index in [0.29, 0.717) is 27.8 Å². The molecule has 0 saturated heterocycles. The zero-order valence-electron chi connectivity index (χ0n) is 25.5. The van der Waals surface area contributed by atoms with Crippen LogP contribution in [0.15, 0.2) is 115 Å². The first kappa shape index (κ1) is 33.3. The van der Waals surface area contributed by atoms with Gasteiger partial charge in [-0.2, -0.15) is 16.8 Å². The maximum absolute atomic E-state index is 12.0. The van der Waals surface area contributed by atoms with Crippen LogP contribution in [0.2, 0.25) is 0 Å². The summed E-state index contributed by atoms with van der Waals surface area (Å²) in [5.41, 5.74) is 2.59. The van der Waals surface area contributed by atoms with Crippen molar-refractivity contribution in [1.29, 1.82) is 0 Å². The van der Waals surface area contributed by atoms with Crippen molar-refractivity contribution in [2.75, 3.05) is 23.3 Å². The molecule has 242 valence electrons. The van der Waals surface area contributed by atoms with Gasteiger partial charge in [-0.05, 0) is 68.4 Å². The summed E-state index contributed by atoms with van der Waals surface area (Å²) in [4.78, 5) is 13.4. The van der Waals surface area contributed by atoms with Crippen LogP contribution in [0.5, 0.6) is 0 Å². The number of hydrogen-bond acceptors (Lipinski definition) is 10. The molecule has 1 amide bonds. The SMILES string of the molecule is CCN(CC)c1ccc(/N=N/c2ccc(/N=N/c3ccc(S(=O)(=O)O)c4ccccc34)c3cc(S(=O)(=O)O)ccc23)c(NC(C)=O)c1. The van der Waals surface area contributed by atoms with Crippen molar-refractivity contribution in [3.8, 4) is 0 Å². The lowest BCUT2D eigenvalue weighted by Crippen LogP contribution is -2.21. The highest BCUT2D eigenvalue weighted by Gasteiger charge is 2.17. The van der Waals surface area contributed by atoms with E-state index in [1.807, 2.05) is 26.0 Å². The highest BCUT2D eigenvalue weighted by Crippen LogP contribution is 2.39. The minimum absolute atomic E-state index is 0.217. The molecule has 5 rings (SSSR count). The first-order chi connectivity index (χ1) is 22.3. The predicted molar refractivity (Wildman–Crippen MR) is 180 cm³/mol. The number of fused-ring (bicyclic) bond motifs is 2. The number of carbonyl (C=O) groups excluding carboxylic acids is 1. The van der Waals surface area contributed by atoms with Crippen molar-refractivity contribution in [2.45, 2.75) is 30.6 Å². The number of benzene rings is 5. The molecule has 0 fully saturated rings. The molecule has 0 aliphatic carbocycles. The lowest BCUT2D eigenvalue weighted by atomic mass is 10.1. The molecule has 5 aromatic rings. The molecule has 0 bridgehead atoms. The summed E-state index contributed by atoms with van der Waals surface area (Å²) in [6.45, 7) is 6.98. The van der Waals surface area contributed by atoms with Crippen LogP contribution in [0.4, 0.5) is 34.1 Å².